The molecule has 0 aliphatic rings. The monoisotopic (exact) mass is 377 g/mol. The average Bonchev–Trinajstić information content (AvgIpc) is 2.71. The maximum absolute atomic E-state index is 13.6. The van der Waals surface area contributed by atoms with Gasteiger partial charge in [0.25, 0.3) is 5.91 Å². The number of esters is 1. The molecule has 0 saturated carbocycles. The van der Waals surface area contributed by atoms with Crippen molar-refractivity contribution >= 4 is 17.6 Å². The molecule has 1 N–H and O–H groups in total. The Morgan fingerprint density at radius 1 is 0.964 bits per heavy atom. The highest BCUT2D eigenvalue weighted by atomic mass is 19.1. The van der Waals surface area contributed by atoms with Gasteiger partial charge < -0.3 is 10.1 Å². The van der Waals surface area contributed by atoms with Gasteiger partial charge in [0.1, 0.15) is 5.82 Å². The number of amides is 1. The van der Waals surface area contributed by atoms with Crippen molar-refractivity contribution in [2.45, 2.75) is 20.0 Å². The van der Waals surface area contributed by atoms with Crippen molar-refractivity contribution < 1.29 is 18.7 Å². The van der Waals surface area contributed by atoms with Gasteiger partial charge in [-0.15, -0.1) is 0 Å². The van der Waals surface area contributed by atoms with Crippen LogP contribution in [0.4, 0.5) is 10.1 Å². The molecule has 3 rings (SSSR count). The third-order valence-electron chi connectivity index (χ3n) is 4.33. The second-order valence-electron chi connectivity index (χ2n) is 6.41. The van der Waals surface area contributed by atoms with Crippen molar-refractivity contribution in [2.24, 2.45) is 0 Å². The molecule has 28 heavy (non-hydrogen) atoms. The van der Waals surface area contributed by atoms with Crippen LogP contribution in [-0.4, -0.2) is 18.0 Å². The molecule has 0 aromatic heterocycles. The van der Waals surface area contributed by atoms with Crippen molar-refractivity contribution in [1.29, 1.82) is 0 Å². The lowest BCUT2D eigenvalue weighted by Crippen LogP contribution is -2.30. The zero-order valence-electron chi connectivity index (χ0n) is 15.6. The van der Waals surface area contributed by atoms with Crippen LogP contribution in [-0.2, 0) is 9.53 Å². The summed E-state index contributed by atoms with van der Waals surface area (Å²) in [5.74, 6) is -1.72. The molecule has 0 spiro atoms. The summed E-state index contributed by atoms with van der Waals surface area (Å²) in [5.41, 5.74) is 2.92. The maximum Gasteiger partial charge on any atom is 0.339 e. The predicted molar refractivity (Wildman–Crippen MR) is 107 cm³/mol. The normalized spacial score (nSPS) is 11.5. The minimum Gasteiger partial charge on any atom is -0.449 e. The number of benzene rings is 3. The lowest BCUT2D eigenvalue weighted by atomic mass is 10.0. The number of para-hydroxylation sites is 1. The minimum absolute atomic E-state index is 0.0624. The number of halogens is 1. The summed E-state index contributed by atoms with van der Waals surface area (Å²) in [6, 6.07) is 21.1. The molecule has 1 amide bonds. The molecule has 4 nitrogen and oxygen atoms in total. The van der Waals surface area contributed by atoms with Gasteiger partial charge in [0.15, 0.2) is 6.10 Å². The van der Waals surface area contributed by atoms with Gasteiger partial charge in [-0.2, -0.15) is 0 Å². The Bertz CT molecular complexity index is 1000. The molecule has 0 radical (unpaired) electrons. The Labute approximate surface area is 163 Å². The maximum atomic E-state index is 13.6. The Morgan fingerprint density at radius 3 is 2.36 bits per heavy atom. The van der Waals surface area contributed by atoms with Crippen LogP contribution >= 0.6 is 0 Å². The van der Waals surface area contributed by atoms with E-state index in [2.05, 4.69) is 5.32 Å². The fourth-order valence-electron chi connectivity index (χ4n) is 2.70. The molecular formula is C23H20FNO3. The van der Waals surface area contributed by atoms with Gasteiger partial charge in [-0.05, 0) is 43.2 Å². The average molecular weight is 377 g/mol. The first kappa shape index (κ1) is 19.3. The second kappa shape index (κ2) is 8.48. The number of anilines is 1. The quantitative estimate of drug-likeness (QED) is 0.638. The van der Waals surface area contributed by atoms with E-state index in [1.54, 1.807) is 13.0 Å². The minimum atomic E-state index is -1.04. The lowest BCUT2D eigenvalue weighted by Gasteiger charge is -2.16. The largest absolute Gasteiger partial charge is 0.449 e. The molecule has 0 bridgehead atoms. The van der Waals surface area contributed by atoms with E-state index in [-0.39, 0.29) is 5.56 Å². The number of nitrogens with one attached hydrogen (secondary N) is 1. The summed E-state index contributed by atoms with van der Waals surface area (Å²) in [6.45, 7) is 3.08. The van der Waals surface area contributed by atoms with Crippen LogP contribution in [0.25, 0.3) is 11.1 Å². The third-order valence-corrected chi connectivity index (χ3v) is 4.33. The molecule has 0 fully saturated rings. The highest BCUT2D eigenvalue weighted by Crippen LogP contribution is 2.27. The van der Waals surface area contributed by atoms with Gasteiger partial charge in [0.2, 0.25) is 0 Å². The van der Waals surface area contributed by atoms with E-state index in [1.165, 1.54) is 19.1 Å². The van der Waals surface area contributed by atoms with Crippen molar-refractivity contribution in [3.05, 3.63) is 89.7 Å². The van der Waals surface area contributed by atoms with E-state index in [1.807, 2.05) is 48.5 Å². The smallest absolute Gasteiger partial charge is 0.339 e. The summed E-state index contributed by atoms with van der Waals surface area (Å²) in [5, 5.41) is 2.80. The second-order valence-corrected chi connectivity index (χ2v) is 6.41. The summed E-state index contributed by atoms with van der Waals surface area (Å²) in [7, 11) is 0. The number of aryl methyl sites for hydroxylation is 1. The van der Waals surface area contributed by atoms with Crippen LogP contribution in [0.1, 0.15) is 22.8 Å². The number of hydrogen-bond acceptors (Lipinski definition) is 3. The highest BCUT2D eigenvalue weighted by Gasteiger charge is 2.20. The van der Waals surface area contributed by atoms with Crippen LogP contribution in [0.5, 0.6) is 0 Å². The van der Waals surface area contributed by atoms with E-state index in [0.717, 1.165) is 17.2 Å². The van der Waals surface area contributed by atoms with Crippen molar-refractivity contribution in [3.8, 4) is 11.1 Å². The molecule has 3 aromatic rings. The third kappa shape index (κ3) is 4.43. The summed E-state index contributed by atoms with van der Waals surface area (Å²) in [6.07, 6.45) is -1.04. The van der Waals surface area contributed by atoms with Crippen molar-refractivity contribution in [3.63, 3.8) is 0 Å². The van der Waals surface area contributed by atoms with Gasteiger partial charge in [-0.25, -0.2) is 9.18 Å². The Balaban J connectivity index is 1.71. The first-order valence-corrected chi connectivity index (χ1v) is 8.88. The van der Waals surface area contributed by atoms with E-state index < -0.39 is 23.8 Å². The summed E-state index contributed by atoms with van der Waals surface area (Å²) >= 11 is 0. The molecule has 0 heterocycles. The number of hydrogen-bond donors (Lipinski definition) is 1. The van der Waals surface area contributed by atoms with Crippen molar-refractivity contribution in [2.75, 3.05) is 5.32 Å². The number of rotatable bonds is 5. The lowest BCUT2D eigenvalue weighted by molar-refractivity contribution is -0.123. The van der Waals surface area contributed by atoms with Crippen LogP contribution in [0, 0.1) is 12.7 Å². The van der Waals surface area contributed by atoms with Gasteiger partial charge in [0.05, 0.1) is 5.56 Å². The predicted octanol–water partition coefficient (Wildman–Crippen LogP) is 4.99. The van der Waals surface area contributed by atoms with Crippen LogP contribution in [0.2, 0.25) is 0 Å². The Morgan fingerprint density at radius 2 is 1.64 bits per heavy atom. The summed E-state index contributed by atoms with van der Waals surface area (Å²) in [4.78, 5) is 24.7. The zero-order valence-corrected chi connectivity index (χ0v) is 15.6. The molecule has 142 valence electrons. The fourth-order valence-corrected chi connectivity index (χ4v) is 2.70. The molecular weight excluding hydrogens is 357 g/mol. The van der Waals surface area contributed by atoms with E-state index >= 15 is 0 Å². The van der Waals surface area contributed by atoms with Gasteiger partial charge in [0, 0.05) is 11.3 Å². The SMILES string of the molecule is Cc1ccc(C(=O)O[C@H](C)C(=O)Nc2ccccc2-c2ccccc2)cc1F. The van der Waals surface area contributed by atoms with Crippen LogP contribution in [0.15, 0.2) is 72.8 Å². The number of carbonyl (C=O) groups is 2. The molecule has 3 aromatic carbocycles. The van der Waals surface area contributed by atoms with E-state index in [4.69, 9.17) is 4.74 Å². The molecule has 1 atom stereocenters. The Kier molecular flexibility index (Phi) is 5.84. The van der Waals surface area contributed by atoms with Gasteiger partial charge >= 0.3 is 5.97 Å². The topological polar surface area (TPSA) is 55.4 Å². The molecule has 0 aliphatic heterocycles. The Hall–Kier alpha value is -3.47. The first-order valence-electron chi connectivity index (χ1n) is 8.88. The molecule has 0 saturated heterocycles. The zero-order chi connectivity index (χ0) is 20.1. The van der Waals surface area contributed by atoms with Crippen LogP contribution < -0.4 is 5.32 Å². The number of carbonyl (C=O) groups excluding carboxylic acids is 2. The highest BCUT2D eigenvalue weighted by molar-refractivity contribution is 5.99. The van der Waals surface area contributed by atoms with Crippen LogP contribution in [0.3, 0.4) is 0 Å². The summed E-state index contributed by atoms with van der Waals surface area (Å²) < 4.78 is 18.8. The van der Waals surface area contributed by atoms with E-state index in [9.17, 15) is 14.0 Å². The van der Waals surface area contributed by atoms with Gasteiger partial charge in [-0.1, -0.05) is 54.6 Å². The molecule has 0 aliphatic carbocycles. The first-order chi connectivity index (χ1) is 13.5. The standard InChI is InChI=1S/C23H20FNO3/c1-15-12-13-18(14-20(15)24)23(27)28-16(2)22(26)25-21-11-7-6-10-19(21)17-8-4-3-5-9-17/h3-14,16H,1-2H3,(H,25,26)/t16-/m1/s1. The molecule has 5 heteroatoms. The number of ether oxygens (including phenoxy) is 1. The fraction of sp³-hybridized carbons (Fsp3) is 0.130. The molecule has 0 unspecified atom stereocenters. The van der Waals surface area contributed by atoms with Gasteiger partial charge in [-0.3, -0.25) is 4.79 Å². The van der Waals surface area contributed by atoms with E-state index in [0.29, 0.717) is 11.3 Å². The van der Waals surface area contributed by atoms with Crippen molar-refractivity contribution in [1.82, 2.24) is 0 Å².